The molecule has 1 aliphatic carbocycles. The molecule has 1 saturated carbocycles. The van der Waals surface area contributed by atoms with Crippen LogP contribution in [0.4, 0.5) is 4.79 Å². The smallest absolute Gasteiger partial charge is 0.412 e. The number of amides is 1. The molecule has 4 nitrogen and oxygen atoms in total. The Labute approximate surface area is 83.8 Å². The number of aliphatic hydroxyl groups excluding tert-OH is 1. The largest absolute Gasteiger partial charge is 0.444 e. The van der Waals surface area contributed by atoms with Crippen molar-refractivity contribution in [3.8, 4) is 0 Å². The SMILES string of the molecule is CC(C)(C)OC(=O)N1[C@@H](O)C[C@@H]2C[C@@H]21. The molecule has 0 bridgehead atoms. The molecule has 1 saturated heterocycles. The number of rotatable bonds is 0. The number of fused-ring (bicyclic) bond motifs is 1. The van der Waals surface area contributed by atoms with E-state index in [9.17, 15) is 9.90 Å². The summed E-state index contributed by atoms with van der Waals surface area (Å²) in [6.45, 7) is 5.49. The molecule has 2 aliphatic rings. The molecule has 2 rings (SSSR count). The van der Waals surface area contributed by atoms with E-state index in [-0.39, 0.29) is 12.1 Å². The summed E-state index contributed by atoms with van der Waals surface area (Å²) in [7, 11) is 0. The van der Waals surface area contributed by atoms with Gasteiger partial charge < -0.3 is 9.84 Å². The number of carbonyl (C=O) groups is 1. The summed E-state index contributed by atoms with van der Waals surface area (Å²) in [5, 5.41) is 9.58. The molecule has 1 heterocycles. The molecule has 0 radical (unpaired) electrons. The molecular formula is C10H17NO3. The van der Waals surface area contributed by atoms with Gasteiger partial charge in [0.05, 0.1) is 0 Å². The highest BCUT2D eigenvalue weighted by Gasteiger charge is 2.54. The monoisotopic (exact) mass is 199 g/mol. The van der Waals surface area contributed by atoms with E-state index < -0.39 is 11.8 Å². The van der Waals surface area contributed by atoms with Crippen LogP contribution in [-0.2, 0) is 4.74 Å². The number of aliphatic hydroxyl groups is 1. The zero-order chi connectivity index (χ0) is 10.5. The molecule has 14 heavy (non-hydrogen) atoms. The lowest BCUT2D eigenvalue weighted by Crippen LogP contribution is -2.41. The Morgan fingerprint density at radius 1 is 1.43 bits per heavy atom. The van der Waals surface area contributed by atoms with E-state index in [2.05, 4.69) is 0 Å². The normalized spacial score (nSPS) is 35.4. The third-order valence-corrected chi connectivity index (χ3v) is 2.68. The zero-order valence-corrected chi connectivity index (χ0v) is 8.86. The van der Waals surface area contributed by atoms with Gasteiger partial charge in [-0.1, -0.05) is 0 Å². The highest BCUT2D eigenvalue weighted by atomic mass is 16.6. The average Bonchev–Trinajstić information content (AvgIpc) is 2.58. The van der Waals surface area contributed by atoms with Crippen LogP contribution in [0, 0.1) is 5.92 Å². The minimum Gasteiger partial charge on any atom is -0.444 e. The van der Waals surface area contributed by atoms with Gasteiger partial charge >= 0.3 is 6.09 Å². The van der Waals surface area contributed by atoms with Gasteiger partial charge in [-0.05, 0) is 39.5 Å². The van der Waals surface area contributed by atoms with Crippen LogP contribution in [0.15, 0.2) is 0 Å². The minimum atomic E-state index is -0.631. The Morgan fingerprint density at radius 2 is 2.07 bits per heavy atom. The summed E-state index contributed by atoms with van der Waals surface area (Å²) in [4.78, 5) is 13.1. The van der Waals surface area contributed by atoms with E-state index >= 15 is 0 Å². The quantitative estimate of drug-likeness (QED) is 0.640. The number of carbonyl (C=O) groups excluding carboxylic acids is 1. The van der Waals surface area contributed by atoms with Crippen molar-refractivity contribution >= 4 is 6.09 Å². The fourth-order valence-electron chi connectivity index (χ4n) is 2.00. The average molecular weight is 199 g/mol. The Bertz CT molecular complexity index is 257. The standard InChI is InChI=1S/C10H17NO3/c1-10(2,3)14-9(13)11-7-4-6(7)5-8(11)12/h6-8,12H,4-5H2,1-3H3/t6-,7-,8-/m0/s1. The van der Waals surface area contributed by atoms with Gasteiger partial charge in [0, 0.05) is 6.04 Å². The van der Waals surface area contributed by atoms with Crippen LogP contribution in [0.1, 0.15) is 33.6 Å². The number of likely N-dealkylation sites (tertiary alicyclic amines) is 1. The van der Waals surface area contributed by atoms with Crippen LogP contribution >= 0.6 is 0 Å². The summed E-state index contributed by atoms with van der Waals surface area (Å²) in [6, 6.07) is 0.236. The lowest BCUT2D eigenvalue weighted by atomic mass is 10.2. The third kappa shape index (κ3) is 1.71. The van der Waals surface area contributed by atoms with Gasteiger partial charge in [-0.25, -0.2) is 4.79 Å². The maximum absolute atomic E-state index is 11.7. The molecule has 3 atom stereocenters. The highest BCUT2D eigenvalue weighted by molar-refractivity contribution is 5.70. The van der Waals surface area contributed by atoms with Gasteiger partial charge in [-0.2, -0.15) is 0 Å². The van der Waals surface area contributed by atoms with E-state index in [1.807, 2.05) is 20.8 Å². The number of hydrogen-bond acceptors (Lipinski definition) is 3. The van der Waals surface area contributed by atoms with Gasteiger partial charge in [-0.3, -0.25) is 4.90 Å². The molecular weight excluding hydrogens is 182 g/mol. The number of nitrogens with zero attached hydrogens (tertiary/aromatic N) is 1. The predicted molar refractivity (Wildman–Crippen MR) is 50.6 cm³/mol. The molecule has 0 spiro atoms. The first-order valence-electron chi connectivity index (χ1n) is 5.08. The second kappa shape index (κ2) is 2.86. The number of hydrogen-bond donors (Lipinski definition) is 1. The van der Waals surface area contributed by atoms with E-state index in [0.717, 1.165) is 6.42 Å². The van der Waals surface area contributed by atoms with Gasteiger partial charge in [0.1, 0.15) is 11.8 Å². The molecule has 4 heteroatoms. The van der Waals surface area contributed by atoms with Crippen molar-refractivity contribution in [1.29, 1.82) is 0 Å². The summed E-state index contributed by atoms with van der Waals surface area (Å²) in [5.74, 6) is 0.512. The second-order valence-electron chi connectivity index (χ2n) is 5.17. The summed E-state index contributed by atoms with van der Waals surface area (Å²) >= 11 is 0. The fraction of sp³-hybridized carbons (Fsp3) is 0.900. The fourth-order valence-corrected chi connectivity index (χ4v) is 2.00. The van der Waals surface area contributed by atoms with E-state index in [1.165, 1.54) is 4.90 Å². The van der Waals surface area contributed by atoms with E-state index in [1.54, 1.807) is 0 Å². The summed E-state index contributed by atoms with van der Waals surface area (Å²) in [6.07, 6.45) is 0.726. The van der Waals surface area contributed by atoms with Gasteiger partial charge in [0.25, 0.3) is 0 Å². The van der Waals surface area contributed by atoms with E-state index in [4.69, 9.17) is 4.74 Å². The van der Waals surface area contributed by atoms with E-state index in [0.29, 0.717) is 12.3 Å². The van der Waals surface area contributed by atoms with Crippen LogP contribution in [0.3, 0.4) is 0 Å². The topological polar surface area (TPSA) is 49.8 Å². The molecule has 1 N–H and O–H groups in total. The Morgan fingerprint density at radius 3 is 2.50 bits per heavy atom. The molecule has 80 valence electrons. The van der Waals surface area contributed by atoms with Crippen molar-refractivity contribution < 1.29 is 14.6 Å². The van der Waals surface area contributed by atoms with Crippen molar-refractivity contribution in [1.82, 2.24) is 4.90 Å². The van der Waals surface area contributed by atoms with Crippen LogP contribution < -0.4 is 0 Å². The first-order valence-corrected chi connectivity index (χ1v) is 5.08. The minimum absolute atomic E-state index is 0.236. The van der Waals surface area contributed by atoms with Gasteiger partial charge in [0.2, 0.25) is 0 Å². The van der Waals surface area contributed by atoms with Crippen LogP contribution in [0.2, 0.25) is 0 Å². The van der Waals surface area contributed by atoms with Crippen molar-refractivity contribution in [2.75, 3.05) is 0 Å². The van der Waals surface area contributed by atoms with Crippen LogP contribution in [-0.4, -0.2) is 34.0 Å². The first-order chi connectivity index (χ1) is 6.38. The van der Waals surface area contributed by atoms with Gasteiger partial charge in [-0.15, -0.1) is 0 Å². The summed E-state index contributed by atoms with van der Waals surface area (Å²) < 4.78 is 5.22. The maximum atomic E-state index is 11.7. The van der Waals surface area contributed by atoms with Crippen molar-refractivity contribution in [3.63, 3.8) is 0 Å². The Hall–Kier alpha value is -0.770. The highest BCUT2D eigenvalue weighted by Crippen LogP contribution is 2.47. The second-order valence-corrected chi connectivity index (χ2v) is 5.17. The van der Waals surface area contributed by atoms with Crippen molar-refractivity contribution in [2.24, 2.45) is 5.92 Å². The number of ether oxygens (including phenoxy) is 1. The van der Waals surface area contributed by atoms with Crippen molar-refractivity contribution in [2.45, 2.75) is 51.5 Å². The Kier molecular flexibility index (Phi) is 2.00. The van der Waals surface area contributed by atoms with Gasteiger partial charge in [0.15, 0.2) is 0 Å². The molecule has 0 aromatic carbocycles. The third-order valence-electron chi connectivity index (χ3n) is 2.68. The molecule has 1 amide bonds. The van der Waals surface area contributed by atoms with Crippen molar-refractivity contribution in [3.05, 3.63) is 0 Å². The lowest BCUT2D eigenvalue weighted by Gasteiger charge is -2.27. The predicted octanol–water partition coefficient (Wildman–Crippen LogP) is 1.33. The van der Waals surface area contributed by atoms with Crippen LogP contribution in [0.25, 0.3) is 0 Å². The molecule has 0 unspecified atom stereocenters. The molecule has 0 aromatic rings. The summed E-state index contributed by atoms with van der Waals surface area (Å²) in [5.41, 5.74) is -0.482. The molecule has 1 aliphatic heterocycles. The van der Waals surface area contributed by atoms with Crippen LogP contribution in [0.5, 0.6) is 0 Å². The number of piperidine rings is 1. The molecule has 0 aromatic heterocycles. The lowest BCUT2D eigenvalue weighted by molar-refractivity contribution is -0.0222. The maximum Gasteiger partial charge on any atom is 0.412 e. The zero-order valence-electron chi connectivity index (χ0n) is 8.86. The Balaban J connectivity index is 1.98. The first kappa shape index (κ1) is 9.77. The molecule has 2 fully saturated rings.